The van der Waals surface area contributed by atoms with Gasteiger partial charge in [0, 0.05) is 93.4 Å². The number of benzene rings is 4. The quantitative estimate of drug-likeness (QED) is 0.0550. The Labute approximate surface area is 478 Å². The fourth-order valence-corrected chi connectivity index (χ4v) is 13.0. The molecule has 0 bridgehead atoms. The summed E-state index contributed by atoms with van der Waals surface area (Å²) in [5.41, 5.74) is 6.93. The number of aliphatic hydroxyl groups excluding tert-OH is 1. The highest BCUT2D eigenvalue weighted by atomic mass is 32.2. The topological polar surface area (TPSA) is 213 Å². The van der Waals surface area contributed by atoms with E-state index in [0.717, 1.165) is 86.7 Å². The van der Waals surface area contributed by atoms with Crippen molar-refractivity contribution in [3.05, 3.63) is 154 Å². The number of hydrogen-bond donors (Lipinski definition) is 5. The molecular formula is C60H65F3N10O7S2. The van der Waals surface area contributed by atoms with Crippen molar-refractivity contribution in [1.29, 1.82) is 0 Å². The molecule has 0 saturated carbocycles. The molecule has 17 nitrogen and oxygen atoms in total. The predicted molar refractivity (Wildman–Crippen MR) is 309 cm³/mol. The number of aryl methyl sites for hydroxylation is 1. The number of fused-ring (bicyclic) bond motifs is 1. The Morgan fingerprint density at radius 2 is 1.55 bits per heavy atom. The van der Waals surface area contributed by atoms with Crippen LogP contribution in [-0.2, 0) is 37.6 Å². The molecule has 430 valence electrons. The van der Waals surface area contributed by atoms with Crippen molar-refractivity contribution in [1.82, 2.24) is 39.7 Å². The second-order valence-corrected chi connectivity index (χ2v) is 25.0. The molecule has 3 aromatic heterocycles. The molecule has 7 aromatic rings. The number of alkyl halides is 1. The number of aliphatic hydroxyl groups is 1. The van der Waals surface area contributed by atoms with E-state index in [2.05, 4.69) is 35.4 Å². The van der Waals surface area contributed by atoms with Gasteiger partial charge in [-0.1, -0.05) is 81.4 Å². The number of β-amino-alcohol motifs (C(OH)–C–C–N with tert-alkyl or cyclic N) is 1. The number of nitrogens with one attached hydrogen (secondary N) is 4. The number of thiazole rings is 1. The number of anilines is 2. The fourth-order valence-electron chi connectivity index (χ4n) is 10.9. The van der Waals surface area contributed by atoms with Gasteiger partial charge >= 0.3 is 10.2 Å². The van der Waals surface area contributed by atoms with Crippen molar-refractivity contribution in [2.75, 3.05) is 55.4 Å². The smallest absolute Gasteiger partial charge is 0.301 e. The number of H-pyrrole nitrogens is 1. The molecule has 0 aliphatic carbocycles. The van der Waals surface area contributed by atoms with Gasteiger partial charge in [-0.3, -0.25) is 28.8 Å². The largest absolute Gasteiger partial charge is 0.391 e. The van der Waals surface area contributed by atoms with E-state index >= 15 is 8.78 Å². The predicted octanol–water partition coefficient (Wildman–Crippen LogP) is 8.11. The maximum Gasteiger partial charge on any atom is 0.301 e. The summed E-state index contributed by atoms with van der Waals surface area (Å²) in [6.07, 6.45) is 0.786. The third-order valence-electron chi connectivity index (χ3n) is 15.6. The summed E-state index contributed by atoms with van der Waals surface area (Å²) in [6.45, 7) is 12.7. The molecule has 3 amide bonds. The van der Waals surface area contributed by atoms with Crippen LogP contribution in [-0.4, -0.2) is 136 Å². The van der Waals surface area contributed by atoms with Crippen molar-refractivity contribution in [2.24, 2.45) is 5.41 Å². The third kappa shape index (κ3) is 12.6. The molecule has 3 saturated heterocycles. The van der Waals surface area contributed by atoms with E-state index in [9.17, 15) is 37.1 Å². The molecule has 3 fully saturated rings. The molecule has 2 unspecified atom stereocenters. The monoisotopic (exact) mass is 1160 g/mol. The average Bonchev–Trinajstić information content (AvgIpc) is 4.13. The Morgan fingerprint density at radius 3 is 2.21 bits per heavy atom. The summed E-state index contributed by atoms with van der Waals surface area (Å²) >= 11 is 1.57. The first-order valence-electron chi connectivity index (χ1n) is 27.3. The van der Waals surface area contributed by atoms with Crippen molar-refractivity contribution in [2.45, 2.75) is 90.8 Å². The van der Waals surface area contributed by atoms with Gasteiger partial charge in [0.05, 0.1) is 45.9 Å². The summed E-state index contributed by atoms with van der Waals surface area (Å²) < 4.78 is 73.4. The molecule has 5 atom stereocenters. The number of amides is 3. The summed E-state index contributed by atoms with van der Waals surface area (Å²) in [5, 5.41) is 17.1. The van der Waals surface area contributed by atoms with Gasteiger partial charge in [-0.15, -0.1) is 11.3 Å². The molecular weight excluding hydrogens is 1090 g/mol. The van der Waals surface area contributed by atoms with Crippen molar-refractivity contribution >= 4 is 67.5 Å². The van der Waals surface area contributed by atoms with E-state index in [1.54, 1.807) is 23.6 Å². The van der Waals surface area contributed by atoms with Crippen LogP contribution in [0.4, 0.5) is 24.5 Å². The number of aromatic amines is 1. The number of nitrogens with zero attached hydrogens (tertiary/aromatic N) is 6. The maximum atomic E-state index is 15.8. The van der Waals surface area contributed by atoms with E-state index in [0.29, 0.717) is 23.1 Å². The second kappa shape index (κ2) is 23.8. The van der Waals surface area contributed by atoms with Crippen LogP contribution < -0.4 is 20.3 Å². The molecule has 3 aliphatic heterocycles. The number of piperazine rings is 1. The minimum atomic E-state index is -4.38. The van der Waals surface area contributed by atoms with Crippen molar-refractivity contribution in [3.63, 3.8) is 0 Å². The lowest BCUT2D eigenvalue weighted by atomic mass is 9.85. The molecule has 82 heavy (non-hydrogen) atoms. The number of aromatic nitrogens is 3. The molecule has 22 heteroatoms. The first kappa shape index (κ1) is 57.7. The SMILES string of the molecule is Cc1ncsc1-c1ccc([C@H](C)NC(=O)C2CC(O)CN2C(=O)[C@@H](NC(=O)Cc2ccc(CN3CCN(c4ccc(-c5cnc6[nH]cc(C(=O)c7c(F)ccc(NS(=O)(=O)N8CC[C@@H](F)C8)c7F)c6c5)cc4)CC3)cc2)C(C)(C)C)cc1. The highest BCUT2D eigenvalue weighted by Crippen LogP contribution is 2.34. The number of ketones is 1. The lowest BCUT2D eigenvalue weighted by Crippen LogP contribution is -2.58. The first-order chi connectivity index (χ1) is 39.1. The highest BCUT2D eigenvalue weighted by Gasteiger charge is 2.45. The van der Waals surface area contributed by atoms with Crippen LogP contribution in [0.25, 0.3) is 32.6 Å². The van der Waals surface area contributed by atoms with Crippen molar-refractivity contribution in [3.8, 4) is 21.6 Å². The Balaban J connectivity index is 0.708. The zero-order valence-electron chi connectivity index (χ0n) is 46.1. The van der Waals surface area contributed by atoms with Gasteiger partial charge in [-0.25, -0.2) is 23.1 Å². The number of carbonyl (C=O) groups is 4. The van der Waals surface area contributed by atoms with E-state index in [-0.39, 0.29) is 55.8 Å². The van der Waals surface area contributed by atoms with Crippen LogP contribution in [0.1, 0.15) is 84.9 Å². The van der Waals surface area contributed by atoms with Gasteiger partial charge in [0.15, 0.2) is 5.82 Å². The van der Waals surface area contributed by atoms with Crippen LogP contribution in [0, 0.1) is 24.0 Å². The molecule has 5 N–H and O–H groups in total. The number of rotatable bonds is 17. The molecule has 0 radical (unpaired) electrons. The number of pyridine rings is 1. The van der Waals surface area contributed by atoms with Gasteiger partial charge in [-0.2, -0.15) is 12.7 Å². The number of carbonyl (C=O) groups excluding carboxylic acids is 4. The van der Waals surface area contributed by atoms with Crippen LogP contribution in [0.3, 0.4) is 0 Å². The minimum absolute atomic E-state index is 0.00887. The summed E-state index contributed by atoms with van der Waals surface area (Å²) in [6, 6.07) is 24.8. The lowest BCUT2D eigenvalue weighted by Gasteiger charge is -2.36. The van der Waals surface area contributed by atoms with Gasteiger partial charge in [0.25, 0.3) is 0 Å². The summed E-state index contributed by atoms with van der Waals surface area (Å²) in [7, 11) is -4.38. The average molecular weight is 1160 g/mol. The minimum Gasteiger partial charge on any atom is -0.391 e. The third-order valence-corrected chi connectivity index (χ3v) is 18.0. The Kier molecular flexibility index (Phi) is 16.7. The zero-order chi connectivity index (χ0) is 58.2. The highest BCUT2D eigenvalue weighted by molar-refractivity contribution is 7.90. The fraction of sp³-hybridized carbons (Fsp3) is 0.367. The summed E-state index contributed by atoms with van der Waals surface area (Å²) in [5.74, 6) is -4.74. The number of halogens is 3. The molecule has 4 aromatic carbocycles. The van der Waals surface area contributed by atoms with Gasteiger partial charge in [0.2, 0.25) is 23.5 Å². The molecule has 3 aliphatic rings. The molecule has 0 spiro atoms. The normalized spacial score (nSPS) is 18.9. The van der Waals surface area contributed by atoms with Gasteiger partial charge in [-0.05, 0) is 83.8 Å². The second-order valence-electron chi connectivity index (χ2n) is 22.5. The zero-order valence-corrected chi connectivity index (χ0v) is 47.7. The van der Waals surface area contributed by atoms with E-state index in [1.807, 2.05) is 118 Å². The summed E-state index contributed by atoms with van der Waals surface area (Å²) in [4.78, 5) is 74.4. The Bertz CT molecular complexity index is 3620. The number of hydrogen-bond acceptors (Lipinski definition) is 12. The molecule has 6 heterocycles. The standard InChI is InChI=1S/C60H65F3N10O7S2/c1-35(39-10-12-41(13-11-39)55-36(2)66-34-81-55)67-58(77)50-28-45(74)33-73(50)59(78)56(60(3,4)5)68-51(75)26-37-6-8-38(9-7-37)31-70-22-24-71(25-23-70)44-16-14-40(15-17-44)42-27-46-47(30-65-57(46)64-29-42)54(76)52-48(62)18-19-49(53(52)63)69-82(79,80)72-21-20-43(61)32-72/h6-19,27,29-30,34-35,43,45,50,56,69,74H,20-26,28,31-33H2,1-5H3,(H,64,65)(H,67,77)(H,68,75)/t35-,43+,45?,50?,56+/m0/s1. The van der Waals surface area contributed by atoms with Crippen LogP contribution in [0.2, 0.25) is 0 Å². The maximum absolute atomic E-state index is 15.8. The van der Waals surface area contributed by atoms with E-state index in [1.165, 1.54) is 11.1 Å². The molecule has 10 rings (SSSR count). The van der Waals surface area contributed by atoms with E-state index < -0.39 is 81.1 Å². The van der Waals surface area contributed by atoms with Gasteiger partial charge in [0.1, 0.15) is 29.7 Å². The van der Waals surface area contributed by atoms with Crippen LogP contribution in [0.15, 0.2) is 109 Å². The number of likely N-dealkylation sites (tertiary alicyclic amines) is 1. The first-order valence-corrected chi connectivity index (χ1v) is 29.6. The van der Waals surface area contributed by atoms with Crippen molar-refractivity contribution < 1.29 is 45.9 Å². The van der Waals surface area contributed by atoms with Gasteiger partial charge < -0.3 is 30.5 Å². The van der Waals surface area contributed by atoms with Crippen LogP contribution >= 0.6 is 11.3 Å². The lowest BCUT2D eigenvalue weighted by molar-refractivity contribution is -0.144. The Hall–Kier alpha value is -7.50. The van der Waals surface area contributed by atoms with E-state index in [4.69, 9.17) is 0 Å². The Morgan fingerprint density at radius 1 is 0.854 bits per heavy atom. The van der Waals surface area contributed by atoms with Crippen LogP contribution in [0.5, 0.6) is 0 Å².